The van der Waals surface area contributed by atoms with Crippen LogP contribution < -0.4 is 0 Å². The highest BCUT2D eigenvalue weighted by Crippen LogP contribution is 2.32. The van der Waals surface area contributed by atoms with Crippen molar-refractivity contribution in [3.63, 3.8) is 0 Å². The minimum absolute atomic E-state index is 0. The van der Waals surface area contributed by atoms with Gasteiger partial charge >= 0.3 is 0 Å². The first-order valence-electron chi connectivity index (χ1n) is 6.85. The van der Waals surface area contributed by atoms with Gasteiger partial charge in [0.05, 0.1) is 13.2 Å². The van der Waals surface area contributed by atoms with E-state index in [-0.39, 0.29) is 12.4 Å². The van der Waals surface area contributed by atoms with Crippen LogP contribution in [0.2, 0.25) is 0 Å². The van der Waals surface area contributed by atoms with Crippen LogP contribution in [0.5, 0.6) is 0 Å². The number of rotatable bonds is 1. The quantitative estimate of drug-likeness (QED) is 0.859. The van der Waals surface area contributed by atoms with Gasteiger partial charge in [0.25, 0.3) is 0 Å². The molecule has 0 aliphatic carbocycles. The second-order valence-corrected chi connectivity index (χ2v) is 5.58. The second kappa shape index (κ2) is 5.80. The van der Waals surface area contributed by atoms with Gasteiger partial charge in [-0.05, 0) is 26.3 Å². The first-order valence-corrected chi connectivity index (χ1v) is 6.85. The Bertz CT molecular complexity index is 423. The number of nitrogens with zero attached hydrogens (tertiary/aromatic N) is 1. The third kappa shape index (κ3) is 2.95. The smallest absolute Gasteiger partial charge is 0.205 e. The molecule has 2 aliphatic rings. The lowest BCUT2D eigenvalue weighted by atomic mass is 9.96. The SMILES string of the molecule is Cc1ccc(C2(O)CN3CCCCC3CO2)cc1.Cl. The van der Waals surface area contributed by atoms with Crippen LogP contribution in [-0.2, 0) is 10.5 Å². The number of aryl methyl sites for hydroxylation is 1. The first kappa shape index (κ1) is 14.8. The second-order valence-electron chi connectivity index (χ2n) is 5.58. The van der Waals surface area contributed by atoms with Crippen LogP contribution in [0.4, 0.5) is 0 Å². The van der Waals surface area contributed by atoms with Crippen molar-refractivity contribution in [2.75, 3.05) is 19.7 Å². The average molecular weight is 284 g/mol. The van der Waals surface area contributed by atoms with Crippen molar-refractivity contribution in [1.29, 1.82) is 0 Å². The zero-order chi connectivity index (χ0) is 12.6. The summed E-state index contributed by atoms with van der Waals surface area (Å²) in [5, 5.41) is 10.7. The minimum atomic E-state index is -1.12. The molecule has 1 aromatic carbocycles. The highest BCUT2D eigenvalue weighted by atomic mass is 35.5. The maximum atomic E-state index is 10.7. The molecule has 19 heavy (non-hydrogen) atoms. The molecule has 0 aromatic heterocycles. The maximum absolute atomic E-state index is 10.7. The Morgan fingerprint density at radius 2 is 2.00 bits per heavy atom. The Morgan fingerprint density at radius 3 is 2.74 bits per heavy atom. The topological polar surface area (TPSA) is 32.7 Å². The van der Waals surface area contributed by atoms with Crippen molar-refractivity contribution < 1.29 is 9.84 Å². The van der Waals surface area contributed by atoms with Gasteiger partial charge < -0.3 is 9.84 Å². The summed E-state index contributed by atoms with van der Waals surface area (Å²) >= 11 is 0. The molecule has 2 unspecified atom stereocenters. The van der Waals surface area contributed by atoms with Crippen molar-refractivity contribution >= 4 is 12.4 Å². The fourth-order valence-electron chi connectivity index (χ4n) is 3.00. The van der Waals surface area contributed by atoms with Crippen LogP contribution >= 0.6 is 12.4 Å². The molecule has 3 nitrogen and oxygen atoms in total. The summed E-state index contributed by atoms with van der Waals surface area (Å²) in [7, 11) is 0. The zero-order valence-electron chi connectivity index (χ0n) is 11.3. The molecule has 2 fully saturated rings. The third-order valence-electron chi connectivity index (χ3n) is 4.18. The molecule has 0 bridgehead atoms. The number of hydrogen-bond donors (Lipinski definition) is 1. The molecule has 2 heterocycles. The molecule has 0 radical (unpaired) electrons. The summed E-state index contributed by atoms with van der Waals surface area (Å²) in [6.45, 7) is 4.38. The summed E-state index contributed by atoms with van der Waals surface area (Å²) in [6, 6.07) is 8.50. The number of halogens is 1. The van der Waals surface area contributed by atoms with E-state index in [1.807, 2.05) is 24.3 Å². The number of piperidine rings is 1. The highest BCUT2D eigenvalue weighted by molar-refractivity contribution is 5.85. The van der Waals surface area contributed by atoms with Gasteiger partial charge in [0, 0.05) is 11.6 Å². The van der Waals surface area contributed by atoms with Crippen LogP contribution in [-0.4, -0.2) is 35.7 Å². The van der Waals surface area contributed by atoms with E-state index in [0.29, 0.717) is 19.2 Å². The van der Waals surface area contributed by atoms with Crippen LogP contribution in [0.1, 0.15) is 30.4 Å². The predicted octanol–water partition coefficient (Wildman–Crippen LogP) is 2.45. The maximum Gasteiger partial charge on any atom is 0.205 e. The first-order chi connectivity index (χ1) is 8.67. The molecule has 3 rings (SSSR count). The van der Waals surface area contributed by atoms with E-state index in [4.69, 9.17) is 4.74 Å². The number of fused-ring (bicyclic) bond motifs is 1. The molecule has 0 spiro atoms. The molecule has 106 valence electrons. The molecule has 1 aromatic rings. The predicted molar refractivity (Wildman–Crippen MR) is 77.5 cm³/mol. The summed E-state index contributed by atoms with van der Waals surface area (Å²) in [5.41, 5.74) is 2.08. The average Bonchev–Trinajstić information content (AvgIpc) is 2.39. The minimum Gasteiger partial charge on any atom is -0.361 e. The normalized spacial score (nSPS) is 31.4. The Kier molecular flexibility index (Phi) is 4.51. The number of morpholine rings is 1. The molecule has 2 saturated heterocycles. The van der Waals surface area contributed by atoms with Crippen LogP contribution in [0.15, 0.2) is 24.3 Å². The standard InChI is InChI=1S/C15H21NO2.ClH/c1-12-5-7-13(8-6-12)15(17)11-16-9-3-2-4-14(16)10-18-15;/h5-8,14,17H,2-4,9-11H2,1H3;1H. The van der Waals surface area contributed by atoms with Crippen molar-refractivity contribution in [3.8, 4) is 0 Å². The van der Waals surface area contributed by atoms with Gasteiger partial charge in [-0.3, -0.25) is 4.90 Å². The molecular formula is C15H22ClNO2. The van der Waals surface area contributed by atoms with Gasteiger partial charge in [0.1, 0.15) is 0 Å². The Hall–Kier alpha value is -0.610. The van der Waals surface area contributed by atoms with E-state index in [9.17, 15) is 5.11 Å². The third-order valence-corrected chi connectivity index (χ3v) is 4.18. The van der Waals surface area contributed by atoms with Gasteiger partial charge in [-0.1, -0.05) is 36.2 Å². The molecule has 2 aliphatic heterocycles. The molecule has 0 amide bonds. The van der Waals surface area contributed by atoms with E-state index in [1.54, 1.807) is 0 Å². The van der Waals surface area contributed by atoms with Crippen molar-refractivity contribution in [1.82, 2.24) is 4.90 Å². The number of ether oxygens (including phenoxy) is 1. The monoisotopic (exact) mass is 283 g/mol. The Labute approximate surface area is 121 Å². The Balaban J connectivity index is 0.00000133. The Morgan fingerprint density at radius 1 is 1.26 bits per heavy atom. The lowest BCUT2D eigenvalue weighted by Crippen LogP contribution is -2.56. The van der Waals surface area contributed by atoms with E-state index in [0.717, 1.165) is 12.1 Å². The zero-order valence-corrected chi connectivity index (χ0v) is 12.2. The van der Waals surface area contributed by atoms with Crippen molar-refractivity contribution in [2.45, 2.75) is 38.0 Å². The van der Waals surface area contributed by atoms with Gasteiger partial charge in [0.2, 0.25) is 5.79 Å². The summed E-state index contributed by atoms with van der Waals surface area (Å²) in [4.78, 5) is 2.38. The summed E-state index contributed by atoms with van der Waals surface area (Å²) in [5.74, 6) is -1.12. The van der Waals surface area contributed by atoms with Gasteiger partial charge in [-0.25, -0.2) is 0 Å². The van der Waals surface area contributed by atoms with Crippen LogP contribution in [0, 0.1) is 6.92 Å². The van der Waals surface area contributed by atoms with E-state index in [2.05, 4.69) is 11.8 Å². The van der Waals surface area contributed by atoms with Crippen LogP contribution in [0.3, 0.4) is 0 Å². The lowest BCUT2D eigenvalue weighted by molar-refractivity contribution is -0.264. The molecule has 1 N–H and O–H groups in total. The lowest BCUT2D eigenvalue weighted by Gasteiger charge is -2.46. The summed E-state index contributed by atoms with van der Waals surface area (Å²) < 4.78 is 5.77. The molecular weight excluding hydrogens is 262 g/mol. The summed E-state index contributed by atoms with van der Waals surface area (Å²) in [6.07, 6.45) is 3.72. The fraction of sp³-hybridized carbons (Fsp3) is 0.600. The number of benzene rings is 1. The number of hydrogen-bond acceptors (Lipinski definition) is 3. The van der Waals surface area contributed by atoms with E-state index < -0.39 is 5.79 Å². The largest absolute Gasteiger partial charge is 0.361 e. The van der Waals surface area contributed by atoms with Gasteiger partial charge in [-0.2, -0.15) is 0 Å². The molecule has 4 heteroatoms. The molecule has 0 saturated carbocycles. The van der Waals surface area contributed by atoms with Gasteiger partial charge in [0.15, 0.2) is 0 Å². The fourth-order valence-corrected chi connectivity index (χ4v) is 3.00. The van der Waals surface area contributed by atoms with Crippen molar-refractivity contribution in [3.05, 3.63) is 35.4 Å². The molecule has 2 atom stereocenters. The van der Waals surface area contributed by atoms with E-state index in [1.165, 1.54) is 24.8 Å². The van der Waals surface area contributed by atoms with E-state index >= 15 is 0 Å². The van der Waals surface area contributed by atoms with Crippen molar-refractivity contribution in [2.24, 2.45) is 0 Å². The van der Waals surface area contributed by atoms with Gasteiger partial charge in [-0.15, -0.1) is 12.4 Å². The highest BCUT2D eigenvalue weighted by Gasteiger charge is 2.41. The number of aliphatic hydroxyl groups is 1. The van der Waals surface area contributed by atoms with Crippen LogP contribution in [0.25, 0.3) is 0 Å².